The van der Waals surface area contributed by atoms with Crippen molar-refractivity contribution in [2.24, 2.45) is 0 Å². The van der Waals surface area contributed by atoms with Crippen LogP contribution in [0.3, 0.4) is 0 Å². The highest BCUT2D eigenvalue weighted by atomic mass is 16.5. The maximum absolute atomic E-state index is 13.4. The average molecular weight is 439 g/mol. The van der Waals surface area contributed by atoms with Crippen LogP contribution in [-0.4, -0.2) is 58.9 Å². The molecule has 0 bridgehead atoms. The van der Waals surface area contributed by atoms with Crippen LogP contribution < -0.4 is 5.32 Å². The Hall–Kier alpha value is -3.75. The highest BCUT2D eigenvalue weighted by Gasteiger charge is 2.58. The molecular formula is C23H25N3O6. The van der Waals surface area contributed by atoms with Gasteiger partial charge in [0.1, 0.15) is 0 Å². The van der Waals surface area contributed by atoms with Crippen molar-refractivity contribution in [2.75, 3.05) is 19.0 Å². The second kappa shape index (κ2) is 9.59. The molecule has 1 spiro atoms. The van der Waals surface area contributed by atoms with E-state index in [2.05, 4.69) is 10.3 Å². The Kier molecular flexibility index (Phi) is 6.87. The normalized spacial score (nSPS) is 20.8. The number of nitrogens with zero attached hydrogens (tertiary/aromatic N) is 2. The van der Waals surface area contributed by atoms with Crippen molar-refractivity contribution in [1.29, 1.82) is 0 Å². The van der Waals surface area contributed by atoms with E-state index in [1.165, 1.54) is 25.6 Å². The number of esters is 1. The minimum atomic E-state index is -0.740. The first-order chi connectivity index (χ1) is 15.4. The van der Waals surface area contributed by atoms with Crippen LogP contribution in [0.2, 0.25) is 0 Å². The molecule has 1 aromatic carbocycles. The topological polar surface area (TPSA) is 126 Å². The summed E-state index contributed by atoms with van der Waals surface area (Å²) in [6, 6.07) is 8.94. The van der Waals surface area contributed by atoms with Crippen LogP contribution in [0.15, 0.2) is 42.7 Å². The van der Waals surface area contributed by atoms with E-state index in [0.717, 1.165) is 17.7 Å². The van der Waals surface area contributed by atoms with Crippen molar-refractivity contribution in [3.05, 3.63) is 59.4 Å². The number of rotatable bonds is 4. The number of nitrogens with one attached hydrogen (secondary N) is 1. The number of carboxylic acid groups (broad SMARTS) is 1. The van der Waals surface area contributed by atoms with Crippen molar-refractivity contribution in [3.8, 4) is 0 Å². The molecule has 168 valence electrons. The van der Waals surface area contributed by atoms with Gasteiger partial charge in [0, 0.05) is 24.6 Å². The lowest BCUT2D eigenvalue weighted by atomic mass is 9.73. The molecule has 2 aromatic rings. The minimum Gasteiger partial charge on any atom is -0.483 e. The molecule has 1 saturated heterocycles. The summed E-state index contributed by atoms with van der Waals surface area (Å²) in [7, 11) is 1.29. The first-order valence-electron chi connectivity index (χ1n) is 10.3. The third kappa shape index (κ3) is 3.81. The van der Waals surface area contributed by atoms with E-state index in [-0.39, 0.29) is 29.9 Å². The summed E-state index contributed by atoms with van der Waals surface area (Å²) in [4.78, 5) is 52.4. The van der Waals surface area contributed by atoms with Crippen molar-refractivity contribution in [3.63, 3.8) is 0 Å². The molecule has 9 heteroatoms. The molecule has 0 saturated carbocycles. The summed E-state index contributed by atoms with van der Waals surface area (Å²) in [5.41, 5.74) is 1.58. The number of ether oxygens (including phenoxy) is 1. The molecule has 2 atom stereocenters. The Labute approximate surface area is 185 Å². The molecule has 1 fully saturated rings. The Morgan fingerprint density at radius 3 is 2.69 bits per heavy atom. The Morgan fingerprint density at radius 2 is 2.00 bits per heavy atom. The third-order valence-electron chi connectivity index (χ3n) is 5.98. The molecule has 0 radical (unpaired) electrons. The maximum Gasteiger partial charge on any atom is 0.339 e. The lowest BCUT2D eigenvalue weighted by molar-refractivity contribution is -0.123. The summed E-state index contributed by atoms with van der Waals surface area (Å²) in [6.07, 6.45) is 4.93. The number of fused-ring (bicyclic) bond motifs is 2. The van der Waals surface area contributed by atoms with Crippen LogP contribution in [0.5, 0.6) is 0 Å². The van der Waals surface area contributed by atoms with Gasteiger partial charge in [0.05, 0.1) is 29.7 Å². The largest absolute Gasteiger partial charge is 0.483 e. The van der Waals surface area contributed by atoms with E-state index in [1.54, 1.807) is 4.90 Å². The highest BCUT2D eigenvalue weighted by molar-refractivity contribution is 6.08. The van der Waals surface area contributed by atoms with Gasteiger partial charge in [0.15, 0.2) is 0 Å². The number of pyridine rings is 1. The van der Waals surface area contributed by atoms with Crippen LogP contribution in [0.25, 0.3) is 0 Å². The van der Waals surface area contributed by atoms with E-state index < -0.39 is 11.4 Å². The monoisotopic (exact) mass is 439 g/mol. The third-order valence-corrected chi connectivity index (χ3v) is 5.98. The number of hydrogen-bond acceptors (Lipinski definition) is 6. The van der Waals surface area contributed by atoms with Gasteiger partial charge < -0.3 is 20.1 Å². The molecule has 3 heterocycles. The Bertz CT molecular complexity index is 1040. The number of likely N-dealkylation sites (tertiary alicyclic amines) is 1. The molecular weight excluding hydrogens is 414 g/mol. The van der Waals surface area contributed by atoms with Crippen molar-refractivity contribution in [1.82, 2.24) is 9.88 Å². The zero-order valence-electron chi connectivity index (χ0n) is 17.9. The molecule has 0 unspecified atom stereocenters. The lowest BCUT2D eigenvalue weighted by Crippen LogP contribution is -2.48. The number of anilines is 1. The smallest absolute Gasteiger partial charge is 0.339 e. The predicted molar refractivity (Wildman–Crippen MR) is 115 cm³/mol. The Morgan fingerprint density at radius 1 is 1.31 bits per heavy atom. The molecule has 2 aliphatic heterocycles. The number of carbonyl (C=O) groups is 4. The van der Waals surface area contributed by atoms with Gasteiger partial charge in [0.2, 0.25) is 5.91 Å². The zero-order valence-corrected chi connectivity index (χ0v) is 17.9. The van der Waals surface area contributed by atoms with Crippen molar-refractivity contribution < 1.29 is 29.0 Å². The summed E-state index contributed by atoms with van der Waals surface area (Å²) in [6.45, 7) is 2.26. The molecule has 0 aliphatic carbocycles. The molecule has 1 aromatic heterocycles. The van der Waals surface area contributed by atoms with Gasteiger partial charge >= 0.3 is 5.97 Å². The van der Waals surface area contributed by atoms with E-state index in [0.29, 0.717) is 24.9 Å². The number of amides is 2. The van der Waals surface area contributed by atoms with E-state index >= 15 is 0 Å². The van der Waals surface area contributed by atoms with Gasteiger partial charge in [-0.25, -0.2) is 4.79 Å². The summed E-state index contributed by atoms with van der Waals surface area (Å²) in [5.74, 6) is -0.816. The van der Waals surface area contributed by atoms with Crippen molar-refractivity contribution in [2.45, 2.75) is 37.6 Å². The van der Waals surface area contributed by atoms with Crippen molar-refractivity contribution >= 4 is 29.9 Å². The number of benzene rings is 1. The standard InChI is InChI=1S/C22H23N3O4.CH2O2/c1-3-6-18-22(16-7-4-5-8-17(16)24-21(22)28)9-10-25(18)19(26)14-11-15(13-23-12-14)20(27)29-2;2-1-3/h4-5,7-8,11-13,18H,3,6,9-10H2,1-2H3,(H,24,28);1H,(H,2,3)/t18-,22+;/m0./s1. The zero-order chi connectivity index (χ0) is 23.3. The van der Waals surface area contributed by atoms with E-state index in [4.69, 9.17) is 14.6 Å². The van der Waals surface area contributed by atoms with Gasteiger partial charge in [-0.1, -0.05) is 31.5 Å². The molecule has 4 rings (SSSR count). The van der Waals surface area contributed by atoms with Crippen LogP contribution in [0.4, 0.5) is 5.69 Å². The fraction of sp³-hybridized carbons (Fsp3) is 0.348. The van der Waals surface area contributed by atoms with Gasteiger partial charge in [-0.05, 0) is 30.5 Å². The quantitative estimate of drug-likeness (QED) is 0.554. The molecule has 2 amide bonds. The number of carbonyl (C=O) groups excluding carboxylic acids is 3. The highest BCUT2D eigenvalue weighted by Crippen LogP contribution is 2.49. The fourth-order valence-corrected chi connectivity index (χ4v) is 4.67. The first kappa shape index (κ1) is 22.9. The number of methoxy groups -OCH3 is 1. The van der Waals surface area contributed by atoms with Crippen LogP contribution in [0.1, 0.15) is 52.5 Å². The number of aromatic nitrogens is 1. The summed E-state index contributed by atoms with van der Waals surface area (Å²) >= 11 is 0. The summed E-state index contributed by atoms with van der Waals surface area (Å²) < 4.78 is 4.73. The van der Waals surface area contributed by atoms with Crippen LogP contribution in [0, 0.1) is 0 Å². The van der Waals surface area contributed by atoms with E-state index in [1.807, 2.05) is 31.2 Å². The minimum absolute atomic E-state index is 0.0473. The van der Waals surface area contributed by atoms with Crippen LogP contribution >= 0.6 is 0 Å². The fourth-order valence-electron chi connectivity index (χ4n) is 4.67. The van der Waals surface area contributed by atoms with Gasteiger partial charge in [0.25, 0.3) is 12.4 Å². The molecule has 9 nitrogen and oxygen atoms in total. The van der Waals surface area contributed by atoms with E-state index in [9.17, 15) is 14.4 Å². The molecule has 2 N–H and O–H groups in total. The summed E-state index contributed by atoms with van der Waals surface area (Å²) in [5, 5.41) is 9.89. The second-order valence-electron chi connectivity index (χ2n) is 7.58. The van der Waals surface area contributed by atoms with Gasteiger partial charge in [-0.3, -0.25) is 19.4 Å². The van der Waals surface area contributed by atoms with Gasteiger partial charge in [-0.15, -0.1) is 0 Å². The lowest BCUT2D eigenvalue weighted by Gasteiger charge is -2.34. The SMILES string of the molecule is CCC[C@@H]1N(C(=O)c2cncc(C(=O)OC)c2)CC[C@]12C(=O)Nc1ccccc12.O=CO. The maximum atomic E-state index is 13.4. The predicted octanol–water partition coefficient (Wildman–Crippen LogP) is 2.47. The van der Waals surface area contributed by atoms with Crippen LogP contribution in [-0.2, 0) is 19.7 Å². The first-order valence-corrected chi connectivity index (χ1v) is 10.3. The van der Waals surface area contributed by atoms with Gasteiger partial charge in [-0.2, -0.15) is 0 Å². The average Bonchev–Trinajstić information content (AvgIpc) is 3.32. The number of para-hydroxylation sites is 1. The molecule has 32 heavy (non-hydrogen) atoms. The molecule has 2 aliphatic rings. The Balaban J connectivity index is 0.000000913. The second-order valence-corrected chi connectivity index (χ2v) is 7.58. The number of hydrogen-bond donors (Lipinski definition) is 2.